The Morgan fingerprint density at radius 3 is 2.07 bits per heavy atom. The fraction of sp³-hybridized carbons (Fsp3) is 0.417. The van der Waals surface area contributed by atoms with Gasteiger partial charge in [-0.25, -0.2) is 0 Å². The maximum absolute atomic E-state index is 13.4. The van der Waals surface area contributed by atoms with Gasteiger partial charge in [-0.05, 0) is 48.8 Å². The Hall–Kier alpha value is -2.42. The van der Waals surface area contributed by atoms with Crippen LogP contribution in [0.3, 0.4) is 0 Å². The van der Waals surface area contributed by atoms with Gasteiger partial charge in [0.1, 0.15) is 5.78 Å². The van der Waals surface area contributed by atoms with Gasteiger partial charge in [0.15, 0.2) is 0 Å². The normalized spacial score (nSPS) is 27.3. The van der Waals surface area contributed by atoms with Crippen LogP contribution in [-0.4, -0.2) is 18.7 Å². The second-order valence-electron chi connectivity index (χ2n) is 8.15. The van der Waals surface area contributed by atoms with Crippen molar-refractivity contribution in [2.45, 2.75) is 32.1 Å². The summed E-state index contributed by atoms with van der Waals surface area (Å²) >= 11 is 0. The lowest BCUT2D eigenvalue weighted by molar-refractivity contribution is -0.134. The molecule has 2 aromatic carbocycles. The monoisotopic (exact) mass is 361 g/mol. The first kappa shape index (κ1) is 18.0. The molecule has 2 aliphatic rings. The Bertz CT molecular complexity index is 747. The topological polar surface area (TPSA) is 37.4 Å². The third-order valence-corrected chi connectivity index (χ3v) is 6.73. The minimum Gasteiger partial charge on any atom is -0.315 e. The van der Waals surface area contributed by atoms with Crippen molar-refractivity contribution in [3.8, 4) is 0 Å². The average molecular weight is 361 g/mol. The number of ketones is 1. The van der Waals surface area contributed by atoms with Crippen LogP contribution in [0.1, 0.15) is 37.7 Å². The van der Waals surface area contributed by atoms with Crippen LogP contribution < -0.4 is 4.90 Å². The van der Waals surface area contributed by atoms with Crippen LogP contribution >= 0.6 is 0 Å². The Labute approximate surface area is 161 Å². The fourth-order valence-electron chi connectivity index (χ4n) is 5.25. The molecule has 2 aromatic rings. The van der Waals surface area contributed by atoms with Crippen LogP contribution in [0.4, 0.5) is 5.69 Å². The number of fused-ring (bicyclic) bond motifs is 2. The Kier molecular flexibility index (Phi) is 4.86. The number of nitrogens with zero attached hydrogens (tertiary/aromatic N) is 1. The number of hydrogen-bond donors (Lipinski definition) is 0. The summed E-state index contributed by atoms with van der Waals surface area (Å²) in [5.41, 5.74) is 1.94. The molecule has 2 saturated carbocycles. The zero-order valence-corrected chi connectivity index (χ0v) is 16.0. The molecule has 0 saturated heterocycles. The molecule has 3 nitrogen and oxygen atoms in total. The second kappa shape index (κ2) is 7.30. The molecule has 27 heavy (non-hydrogen) atoms. The number of anilines is 1. The summed E-state index contributed by atoms with van der Waals surface area (Å²) in [6, 6.07) is 19.7. The van der Waals surface area contributed by atoms with E-state index in [2.05, 4.69) is 0 Å². The minimum absolute atomic E-state index is 0.104. The third-order valence-electron chi connectivity index (χ3n) is 6.73. The maximum atomic E-state index is 13.4. The number of carbonyl (C=O) groups is 2. The molecule has 3 heteroatoms. The predicted molar refractivity (Wildman–Crippen MR) is 108 cm³/mol. The van der Waals surface area contributed by atoms with Crippen LogP contribution in [-0.2, 0) is 9.59 Å². The number of hydrogen-bond acceptors (Lipinski definition) is 2. The van der Waals surface area contributed by atoms with E-state index in [1.54, 1.807) is 4.90 Å². The van der Waals surface area contributed by atoms with E-state index >= 15 is 0 Å². The van der Waals surface area contributed by atoms with Gasteiger partial charge < -0.3 is 4.90 Å². The van der Waals surface area contributed by atoms with Gasteiger partial charge in [0.2, 0.25) is 5.91 Å². The molecule has 0 aromatic heterocycles. The maximum Gasteiger partial charge on any atom is 0.230 e. The summed E-state index contributed by atoms with van der Waals surface area (Å²) in [5.74, 6) is 0.593. The summed E-state index contributed by atoms with van der Waals surface area (Å²) in [6.07, 6.45) is 3.19. The van der Waals surface area contributed by atoms with Gasteiger partial charge >= 0.3 is 0 Å². The molecule has 0 N–H and O–H groups in total. The largest absolute Gasteiger partial charge is 0.315 e. The molecular weight excluding hydrogens is 334 g/mol. The van der Waals surface area contributed by atoms with Gasteiger partial charge in [-0.2, -0.15) is 0 Å². The molecular formula is C24H27NO2. The first-order valence-electron chi connectivity index (χ1n) is 9.99. The van der Waals surface area contributed by atoms with Crippen LogP contribution in [0, 0.1) is 23.7 Å². The van der Waals surface area contributed by atoms with E-state index in [1.165, 1.54) is 0 Å². The van der Waals surface area contributed by atoms with Crippen LogP contribution in [0.5, 0.6) is 0 Å². The van der Waals surface area contributed by atoms with E-state index in [0.29, 0.717) is 11.8 Å². The molecule has 0 aliphatic heterocycles. The molecule has 4 rings (SSSR count). The van der Waals surface area contributed by atoms with Crippen LogP contribution in [0.2, 0.25) is 0 Å². The highest BCUT2D eigenvalue weighted by Gasteiger charge is 2.54. The molecule has 1 amide bonds. The first-order valence-corrected chi connectivity index (χ1v) is 9.99. The summed E-state index contributed by atoms with van der Waals surface area (Å²) in [6.45, 7) is 1.99. The Morgan fingerprint density at radius 1 is 0.889 bits per heavy atom. The van der Waals surface area contributed by atoms with Crippen molar-refractivity contribution in [3.05, 3.63) is 66.2 Å². The minimum atomic E-state index is -0.174. The van der Waals surface area contributed by atoms with Gasteiger partial charge in [-0.3, -0.25) is 9.59 Å². The van der Waals surface area contributed by atoms with E-state index in [1.807, 2.05) is 74.6 Å². The van der Waals surface area contributed by atoms with Gasteiger partial charge in [-0.1, -0.05) is 55.5 Å². The predicted octanol–water partition coefficient (Wildman–Crippen LogP) is 4.68. The third kappa shape index (κ3) is 3.20. The van der Waals surface area contributed by atoms with Crippen LogP contribution in [0.15, 0.2) is 60.7 Å². The zero-order valence-electron chi connectivity index (χ0n) is 16.0. The molecule has 2 aliphatic carbocycles. The zero-order chi connectivity index (χ0) is 19.0. The molecule has 0 radical (unpaired) electrons. The molecule has 5 atom stereocenters. The van der Waals surface area contributed by atoms with Gasteiger partial charge in [0, 0.05) is 24.6 Å². The van der Waals surface area contributed by atoms with E-state index in [-0.39, 0.29) is 29.4 Å². The van der Waals surface area contributed by atoms with Crippen molar-refractivity contribution in [2.24, 2.45) is 23.7 Å². The van der Waals surface area contributed by atoms with Crippen molar-refractivity contribution in [3.63, 3.8) is 0 Å². The van der Waals surface area contributed by atoms with E-state index in [4.69, 9.17) is 0 Å². The summed E-state index contributed by atoms with van der Waals surface area (Å²) in [7, 11) is 1.84. The number of benzene rings is 2. The highest BCUT2D eigenvalue weighted by atomic mass is 16.2. The second-order valence-corrected chi connectivity index (χ2v) is 8.15. The summed E-state index contributed by atoms with van der Waals surface area (Å²) in [5, 5.41) is 0. The highest BCUT2D eigenvalue weighted by Crippen LogP contribution is 2.54. The number of Topliss-reactive ketones (excluding diaryl/α,β-unsaturated/α-hetero) is 1. The number of rotatable bonds is 5. The average Bonchev–Trinajstić information content (AvgIpc) is 3.34. The summed E-state index contributed by atoms with van der Waals surface area (Å²) < 4.78 is 0. The quantitative estimate of drug-likeness (QED) is 0.775. The molecule has 140 valence electrons. The summed E-state index contributed by atoms with van der Waals surface area (Å²) in [4.78, 5) is 28.6. The van der Waals surface area contributed by atoms with Crippen molar-refractivity contribution < 1.29 is 9.59 Å². The van der Waals surface area contributed by atoms with Crippen molar-refractivity contribution in [2.75, 3.05) is 11.9 Å². The van der Waals surface area contributed by atoms with Gasteiger partial charge in [0.05, 0.1) is 5.92 Å². The number of carbonyl (C=O) groups excluding carboxylic acids is 2. The van der Waals surface area contributed by atoms with Gasteiger partial charge in [0.25, 0.3) is 0 Å². The standard InChI is InChI=1S/C24H27NO2/c1-16(17-9-5-3-6-10-17)23(26)21-18-13-14-19(15-18)22(21)24(27)25(2)20-11-7-4-8-12-20/h3-12,16,18-19,21-22H,13-15H2,1-2H3/t16?,18-,19+,21?,22?/m1/s1. The van der Waals surface area contributed by atoms with E-state index < -0.39 is 0 Å². The lowest BCUT2D eigenvalue weighted by Crippen LogP contribution is -2.43. The van der Waals surface area contributed by atoms with E-state index in [9.17, 15) is 9.59 Å². The molecule has 2 fully saturated rings. The molecule has 2 bridgehead atoms. The molecule has 0 heterocycles. The smallest absolute Gasteiger partial charge is 0.230 e. The molecule has 0 spiro atoms. The number of para-hydroxylation sites is 1. The lowest BCUT2D eigenvalue weighted by Gasteiger charge is -2.33. The Morgan fingerprint density at radius 2 is 1.44 bits per heavy atom. The van der Waals surface area contributed by atoms with Gasteiger partial charge in [-0.15, -0.1) is 0 Å². The van der Waals surface area contributed by atoms with Crippen molar-refractivity contribution in [1.82, 2.24) is 0 Å². The van der Waals surface area contributed by atoms with Crippen molar-refractivity contribution in [1.29, 1.82) is 0 Å². The fourth-order valence-corrected chi connectivity index (χ4v) is 5.25. The number of amides is 1. The SMILES string of the molecule is CC(C(=O)C1C(C(=O)N(C)c2ccccc2)[C@H]2CC[C@@H]1C2)c1ccccc1. The first-order chi connectivity index (χ1) is 13.1. The lowest BCUT2D eigenvalue weighted by atomic mass is 9.72. The molecule has 3 unspecified atom stereocenters. The Balaban J connectivity index is 1.59. The highest BCUT2D eigenvalue weighted by molar-refractivity contribution is 6.00. The van der Waals surface area contributed by atoms with Crippen molar-refractivity contribution >= 4 is 17.4 Å². The van der Waals surface area contributed by atoms with Crippen LogP contribution in [0.25, 0.3) is 0 Å². The van der Waals surface area contributed by atoms with E-state index in [0.717, 1.165) is 30.5 Å².